The van der Waals surface area contributed by atoms with Gasteiger partial charge < -0.3 is 20.1 Å². The molecule has 0 rings (SSSR count). The van der Waals surface area contributed by atoms with E-state index >= 15 is 0 Å². The van der Waals surface area contributed by atoms with Crippen molar-refractivity contribution in [3.8, 4) is 0 Å². The maximum atomic E-state index is 12.6. The monoisotopic (exact) mass is 864 g/mol. The Morgan fingerprint density at radius 2 is 0.917 bits per heavy atom. The lowest BCUT2D eigenvalue weighted by atomic mass is 10.0. The summed E-state index contributed by atoms with van der Waals surface area (Å²) in [7, 11) is -4.39. The summed E-state index contributed by atoms with van der Waals surface area (Å²) in [5.74, 6) is -0.846. The zero-order chi connectivity index (χ0) is 43.9. The van der Waals surface area contributed by atoms with E-state index in [-0.39, 0.29) is 38.6 Å². The minimum atomic E-state index is -4.39. The lowest BCUT2D eigenvalue weighted by molar-refractivity contribution is -0.161. The molecule has 9 nitrogen and oxygen atoms in total. The summed E-state index contributed by atoms with van der Waals surface area (Å²) in [6.07, 6.45) is 55.4. The fraction of sp³-hybridized carbons (Fsp3) is 0.760. The minimum Gasteiger partial charge on any atom is -0.462 e. The van der Waals surface area contributed by atoms with Crippen LogP contribution in [0.1, 0.15) is 213 Å². The molecule has 60 heavy (non-hydrogen) atoms. The van der Waals surface area contributed by atoms with Crippen LogP contribution in [-0.4, -0.2) is 49.3 Å². The molecule has 10 heteroatoms. The summed E-state index contributed by atoms with van der Waals surface area (Å²) >= 11 is 0. The Morgan fingerprint density at radius 3 is 1.37 bits per heavy atom. The van der Waals surface area contributed by atoms with Gasteiger partial charge in [-0.25, -0.2) is 4.57 Å². The maximum absolute atomic E-state index is 12.6. The number of phosphoric acid groups is 1. The van der Waals surface area contributed by atoms with Gasteiger partial charge in [0.2, 0.25) is 0 Å². The van der Waals surface area contributed by atoms with Gasteiger partial charge in [0.05, 0.1) is 13.2 Å². The standard InChI is InChI=1S/C50H90NO8P/c1-3-5-7-9-11-13-15-17-19-21-23-24-25-27-29-31-33-35-37-39-41-43-50(53)59-48(47-58-60(54,55)57-45-44-51)46-56-49(52)42-40-38-36-34-32-30-28-26-22-20-18-16-14-12-10-8-6-4-2/h5,7,11,13,17,19,23-24,27,29,48H,3-4,6,8-10,12,14-16,18,20-22,25-26,28,30-47,51H2,1-2H3,(H,54,55)/b7-5-,13-11-,19-17-,24-23-,29-27-. The molecule has 0 heterocycles. The average molecular weight is 864 g/mol. The molecule has 0 bridgehead atoms. The fourth-order valence-corrected chi connectivity index (χ4v) is 7.37. The molecule has 0 radical (unpaired) electrons. The van der Waals surface area contributed by atoms with Crippen molar-refractivity contribution in [3.63, 3.8) is 0 Å². The zero-order valence-electron chi connectivity index (χ0n) is 38.4. The number of allylic oxidation sites excluding steroid dienone is 10. The summed E-state index contributed by atoms with van der Waals surface area (Å²) in [5.41, 5.74) is 5.36. The smallest absolute Gasteiger partial charge is 0.462 e. The summed E-state index contributed by atoms with van der Waals surface area (Å²) in [6, 6.07) is 0. The highest BCUT2D eigenvalue weighted by Crippen LogP contribution is 2.43. The van der Waals surface area contributed by atoms with Crippen molar-refractivity contribution in [1.29, 1.82) is 0 Å². The molecule has 0 saturated carbocycles. The Hall–Kier alpha value is -2.29. The summed E-state index contributed by atoms with van der Waals surface area (Å²) in [4.78, 5) is 35.0. The topological polar surface area (TPSA) is 134 Å². The zero-order valence-corrected chi connectivity index (χ0v) is 39.3. The first kappa shape index (κ1) is 57.7. The van der Waals surface area contributed by atoms with E-state index in [9.17, 15) is 19.0 Å². The van der Waals surface area contributed by atoms with Gasteiger partial charge in [-0.1, -0.05) is 203 Å². The molecule has 0 aromatic heterocycles. The molecule has 0 aromatic carbocycles. The third kappa shape index (κ3) is 45.2. The first-order valence-electron chi connectivity index (χ1n) is 24.3. The van der Waals surface area contributed by atoms with Crippen LogP contribution in [0.25, 0.3) is 0 Å². The number of phosphoric ester groups is 1. The van der Waals surface area contributed by atoms with Gasteiger partial charge in [-0.2, -0.15) is 0 Å². The molecule has 0 saturated heterocycles. The number of rotatable bonds is 45. The molecule has 0 fully saturated rings. The van der Waals surface area contributed by atoms with Crippen molar-refractivity contribution >= 4 is 19.8 Å². The molecular formula is C50H90NO8P. The Morgan fingerprint density at radius 1 is 0.517 bits per heavy atom. The molecule has 3 N–H and O–H groups in total. The summed E-state index contributed by atoms with van der Waals surface area (Å²) in [6.45, 7) is 3.62. The normalized spacial score (nSPS) is 13.7. The van der Waals surface area contributed by atoms with Gasteiger partial charge in [0.1, 0.15) is 6.61 Å². The highest BCUT2D eigenvalue weighted by Gasteiger charge is 2.26. The third-order valence-corrected chi connectivity index (χ3v) is 11.2. The van der Waals surface area contributed by atoms with Gasteiger partial charge >= 0.3 is 19.8 Å². The number of ether oxygens (including phenoxy) is 2. The van der Waals surface area contributed by atoms with E-state index in [0.717, 1.165) is 83.5 Å². The second kappa shape index (κ2) is 46.2. The highest BCUT2D eigenvalue weighted by molar-refractivity contribution is 7.47. The van der Waals surface area contributed by atoms with Crippen molar-refractivity contribution in [2.24, 2.45) is 5.73 Å². The van der Waals surface area contributed by atoms with E-state index in [0.29, 0.717) is 6.42 Å². The average Bonchev–Trinajstić information content (AvgIpc) is 3.24. The molecule has 0 aromatic rings. The van der Waals surface area contributed by atoms with Crippen LogP contribution in [0.5, 0.6) is 0 Å². The van der Waals surface area contributed by atoms with Crippen molar-refractivity contribution in [2.45, 2.75) is 219 Å². The molecular weight excluding hydrogens is 774 g/mol. The van der Waals surface area contributed by atoms with Crippen LogP contribution in [0.2, 0.25) is 0 Å². The maximum Gasteiger partial charge on any atom is 0.472 e. The van der Waals surface area contributed by atoms with E-state index in [2.05, 4.69) is 74.6 Å². The van der Waals surface area contributed by atoms with Gasteiger partial charge in [0.15, 0.2) is 6.10 Å². The molecule has 0 spiro atoms. The number of carbonyl (C=O) groups is 2. The first-order chi connectivity index (χ1) is 29.3. The SMILES string of the molecule is CC/C=C\C/C=C\C/C=C\C/C=C\C/C=C\CCCCCCCC(=O)OC(COC(=O)CCCCCCCCCCCCCCCCCCCC)COP(=O)(O)OCCN. The molecule has 348 valence electrons. The van der Waals surface area contributed by atoms with Gasteiger partial charge in [0.25, 0.3) is 0 Å². The first-order valence-corrected chi connectivity index (χ1v) is 25.8. The summed E-state index contributed by atoms with van der Waals surface area (Å²) < 4.78 is 32.9. The Balaban J connectivity index is 4.13. The lowest BCUT2D eigenvalue weighted by Gasteiger charge is -2.19. The Kier molecular flexibility index (Phi) is 44.5. The molecule has 0 aliphatic heterocycles. The van der Waals surface area contributed by atoms with Gasteiger partial charge in [-0.15, -0.1) is 0 Å². The fourth-order valence-electron chi connectivity index (χ4n) is 6.60. The predicted octanol–water partition coefficient (Wildman–Crippen LogP) is 14.4. The number of nitrogens with two attached hydrogens (primary N) is 1. The number of unbranched alkanes of at least 4 members (excludes halogenated alkanes) is 22. The van der Waals surface area contributed by atoms with E-state index < -0.39 is 26.5 Å². The third-order valence-electron chi connectivity index (χ3n) is 10.2. The molecule has 0 aliphatic carbocycles. The van der Waals surface area contributed by atoms with Gasteiger partial charge in [-0.3, -0.25) is 18.6 Å². The van der Waals surface area contributed by atoms with E-state index in [1.165, 1.54) is 96.3 Å². The van der Waals surface area contributed by atoms with Crippen LogP contribution in [0.4, 0.5) is 0 Å². The van der Waals surface area contributed by atoms with Crippen molar-refractivity contribution in [3.05, 3.63) is 60.8 Å². The molecule has 0 aliphatic rings. The summed E-state index contributed by atoms with van der Waals surface area (Å²) in [5, 5.41) is 0. The van der Waals surface area contributed by atoms with Crippen LogP contribution in [0, 0.1) is 0 Å². The number of hydrogen-bond acceptors (Lipinski definition) is 8. The number of hydrogen-bond donors (Lipinski definition) is 2. The number of esters is 2. The van der Waals surface area contributed by atoms with Crippen molar-refractivity contribution in [1.82, 2.24) is 0 Å². The van der Waals surface area contributed by atoms with Crippen molar-refractivity contribution < 1.29 is 37.6 Å². The van der Waals surface area contributed by atoms with E-state index in [1.807, 2.05) is 0 Å². The van der Waals surface area contributed by atoms with Gasteiger partial charge in [0, 0.05) is 19.4 Å². The van der Waals surface area contributed by atoms with Crippen molar-refractivity contribution in [2.75, 3.05) is 26.4 Å². The second-order valence-electron chi connectivity index (χ2n) is 16.0. The van der Waals surface area contributed by atoms with Crippen LogP contribution in [0.15, 0.2) is 60.8 Å². The second-order valence-corrected chi connectivity index (χ2v) is 17.4. The van der Waals surface area contributed by atoms with Crippen LogP contribution in [0.3, 0.4) is 0 Å². The highest BCUT2D eigenvalue weighted by atomic mass is 31.2. The molecule has 2 atom stereocenters. The number of carbonyl (C=O) groups excluding carboxylic acids is 2. The van der Waals surface area contributed by atoms with E-state index in [1.54, 1.807) is 0 Å². The molecule has 0 amide bonds. The van der Waals surface area contributed by atoms with Crippen LogP contribution >= 0.6 is 7.82 Å². The quantitative estimate of drug-likeness (QED) is 0.0265. The van der Waals surface area contributed by atoms with E-state index in [4.69, 9.17) is 24.3 Å². The Labute approximate surface area is 368 Å². The Bertz CT molecular complexity index is 1170. The predicted molar refractivity (Wildman–Crippen MR) is 252 cm³/mol. The molecule has 2 unspecified atom stereocenters. The lowest BCUT2D eigenvalue weighted by Crippen LogP contribution is -2.29. The van der Waals surface area contributed by atoms with Crippen LogP contribution < -0.4 is 5.73 Å². The van der Waals surface area contributed by atoms with Gasteiger partial charge in [-0.05, 0) is 57.8 Å². The largest absolute Gasteiger partial charge is 0.472 e. The van der Waals surface area contributed by atoms with Crippen LogP contribution in [-0.2, 0) is 32.7 Å². The minimum absolute atomic E-state index is 0.0484.